The molecule has 0 spiro atoms. The molecule has 0 rings (SSSR count). The van der Waals surface area contributed by atoms with Crippen LogP contribution in [0.25, 0.3) is 0 Å². The molecule has 168 valence electrons. The summed E-state index contributed by atoms with van der Waals surface area (Å²) < 4.78 is 6.38. The third kappa shape index (κ3) is 15.6. The lowest BCUT2D eigenvalue weighted by atomic mass is 10.0. The lowest BCUT2D eigenvalue weighted by Gasteiger charge is -2.36. The zero-order chi connectivity index (χ0) is 20.4. The summed E-state index contributed by atoms with van der Waals surface area (Å²) >= 11 is 0. The Hall–Kier alpha value is -0.350. The van der Waals surface area contributed by atoms with Crippen molar-refractivity contribution in [3.63, 3.8) is 0 Å². The van der Waals surface area contributed by atoms with E-state index in [0.29, 0.717) is 12.2 Å². The van der Waals surface area contributed by atoms with Gasteiger partial charge in [0.25, 0.3) is 0 Å². The minimum Gasteiger partial charge on any atom is -1.00 e. The molecule has 0 aliphatic heterocycles. The Morgan fingerprint density at radius 1 is 0.750 bits per heavy atom. The van der Waals surface area contributed by atoms with E-state index in [1.165, 1.54) is 83.6 Å². The first-order valence-corrected chi connectivity index (χ1v) is 11.7. The molecule has 4 heteroatoms. The topological polar surface area (TPSA) is 26.3 Å². The lowest BCUT2D eigenvalue weighted by molar-refractivity contribution is -0.925. The van der Waals surface area contributed by atoms with Gasteiger partial charge in [-0.1, -0.05) is 77.7 Å². The molecule has 0 aromatic heterocycles. The molecular formula is C24H48BrNO2. The number of esters is 1. The average Bonchev–Trinajstić information content (AvgIpc) is 2.67. The summed E-state index contributed by atoms with van der Waals surface area (Å²) in [7, 11) is 0. The van der Waals surface area contributed by atoms with E-state index < -0.39 is 0 Å². The van der Waals surface area contributed by atoms with E-state index in [-0.39, 0.29) is 23.0 Å². The maximum absolute atomic E-state index is 11.5. The standard InChI is InChI=1S/C24H48NO2.BrH/c1-6-9-10-11-12-13-14-15-16-17-18-19-20-25(7-2,8-3)21-22-27-24(26)23(4)5;/h4,6-22H2,1-3,5H3;1H/q+1;/p-1. The predicted octanol–water partition coefficient (Wildman–Crippen LogP) is 3.67. The highest BCUT2D eigenvalue weighted by Gasteiger charge is 2.23. The van der Waals surface area contributed by atoms with Crippen molar-refractivity contribution >= 4 is 5.97 Å². The molecule has 0 N–H and O–H groups in total. The molecule has 0 aliphatic rings. The van der Waals surface area contributed by atoms with Crippen molar-refractivity contribution in [3.8, 4) is 0 Å². The Labute approximate surface area is 186 Å². The van der Waals surface area contributed by atoms with Gasteiger partial charge < -0.3 is 26.2 Å². The van der Waals surface area contributed by atoms with Crippen LogP contribution >= 0.6 is 0 Å². The van der Waals surface area contributed by atoms with Gasteiger partial charge in [-0.2, -0.15) is 0 Å². The number of rotatable bonds is 19. The highest BCUT2D eigenvalue weighted by atomic mass is 79.9. The molecule has 0 fully saturated rings. The molecule has 0 aromatic carbocycles. The van der Waals surface area contributed by atoms with Gasteiger partial charge in [0.15, 0.2) is 0 Å². The molecule has 0 aromatic rings. The van der Waals surface area contributed by atoms with Crippen LogP contribution in [0, 0.1) is 0 Å². The lowest BCUT2D eigenvalue weighted by Crippen LogP contribution is -3.00. The Kier molecular flexibility index (Phi) is 21.3. The number of likely N-dealkylation sites (N-methyl/N-ethyl adjacent to an activating group) is 1. The normalized spacial score (nSPS) is 11.1. The van der Waals surface area contributed by atoms with Crippen LogP contribution in [0.5, 0.6) is 0 Å². The van der Waals surface area contributed by atoms with Crippen LogP contribution in [-0.4, -0.2) is 43.2 Å². The van der Waals surface area contributed by atoms with Gasteiger partial charge in [-0.05, 0) is 33.6 Å². The van der Waals surface area contributed by atoms with Crippen molar-refractivity contribution in [1.82, 2.24) is 0 Å². The number of carbonyl (C=O) groups is 1. The third-order valence-electron chi connectivity index (χ3n) is 5.97. The molecule has 28 heavy (non-hydrogen) atoms. The van der Waals surface area contributed by atoms with E-state index in [9.17, 15) is 4.79 Å². The molecule has 0 saturated heterocycles. The van der Waals surface area contributed by atoms with Gasteiger partial charge in [-0.15, -0.1) is 0 Å². The summed E-state index contributed by atoms with van der Waals surface area (Å²) in [6.45, 7) is 17.0. The first-order chi connectivity index (χ1) is 13.0. The Morgan fingerprint density at radius 3 is 1.57 bits per heavy atom. The van der Waals surface area contributed by atoms with Crippen LogP contribution in [0.2, 0.25) is 0 Å². The second-order valence-electron chi connectivity index (χ2n) is 8.23. The van der Waals surface area contributed by atoms with Gasteiger partial charge in [0.05, 0.1) is 19.6 Å². The number of quaternary nitrogens is 1. The van der Waals surface area contributed by atoms with Crippen LogP contribution in [0.3, 0.4) is 0 Å². The largest absolute Gasteiger partial charge is 1.00 e. The maximum Gasteiger partial charge on any atom is 0.333 e. The fraction of sp³-hybridized carbons (Fsp3) is 0.875. The van der Waals surface area contributed by atoms with Crippen molar-refractivity contribution < 1.29 is 31.0 Å². The quantitative estimate of drug-likeness (QED) is 0.127. The Balaban J connectivity index is 0. The summed E-state index contributed by atoms with van der Waals surface area (Å²) in [5, 5.41) is 0. The average molecular weight is 463 g/mol. The molecule has 0 bridgehead atoms. The molecule has 3 nitrogen and oxygen atoms in total. The smallest absolute Gasteiger partial charge is 0.333 e. The molecule has 0 saturated carbocycles. The van der Waals surface area contributed by atoms with E-state index in [2.05, 4.69) is 27.4 Å². The Morgan fingerprint density at radius 2 is 1.18 bits per heavy atom. The molecule has 0 amide bonds. The van der Waals surface area contributed by atoms with Gasteiger partial charge in [0.2, 0.25) is 0 Å². The van der Waals surface area contributed by atoms with E-state index in [1.54, 1.807) is 6.92 Å². The zero-order valence-corrected chi connectivity index (χ0v) is 21.0. The van der Waals surface area contributed by atoms with Crippen molar-refractivity contribution in [2.24, 2.45) is 0 Å². The van der Waals surface area contributed by atoms with Gasteiger partial charge >= 0.3 is 5.97 Å². The van der Waals surface area contributed by atoms with E-state index in [4.69, 9.17) is 4.74 Å². The summed E-state index contributed by atoms with van der Waals surface area (Å²) in [6.07, 6.45) is 16.7. The third-order valence-corrected chi connectivity index (χ3v) is 5.97. The molecule has 0 atom stereocenters. The number of carbonyl (C=O) groups excluding carboxylic acids is 1. The van der Waals surface area contributed by atoms with Gasteiger partial charge in [-0.25, -0.2) is 4.79 Å². The second kappa shape index (κ2) is 19.9. The molecule has 0 heterocycles. The van der Waals surface area contributed by atoms with E-state index >= 15 is 0 Å². The number of nitrogens with zero attached hydrogens (tertiary/aromatic N) is 1. The van der Waals surface area contributed by atoms with Crippen molar-refractivity contribution in [3.05, 3.63) is 12.2 Å². The number of unbranched alkanes of at least 4 members (excludes halogenated alkanes) is 11. The van der Waals surface area contributed by atoms with Gasteiger partial charge in [0, 0.05) is 5.57 Å². The highest BCUT2D eigenvalue weighted by molar-refractivity contribution is 5.86. The number of hydrogen-bond acceptors (Lipinski definition) is 2. The summed E-state index contributed by atoms with van der Waals surface area (Å²) in [4.78, 5) is 11.5. The minimum absolute atomic E-state index is 0. The van der Waals surface area contributed by atoms with Crippen LogP contribution in [0.4, 0.5) is 0 Å². The Bertz CT molecular complexity index is 381. The van der Waals surface area contributed by atoms with E-state index in [1.807, 2.05) is 0 Å². The monoisotopic (exact) mass is 461 g/mol. The minimum atomic E-state index is -0.259. The summed E-state index contributed by atoms with van der Waals surface area (Å²) in [6, 6.07) is 0. The molecule has 0 aliphatic carbocycles. The molecular weight excluding hydrogens is 414 g/mol. The van der Waals surface area contributed by atoms with Crippen LogP contribution in [0.1, 0.15) is 105 Å². The second-order valence-corrected chi connectivity index (χ2v) is 8.23. The summed E-state index contributed by atoms with van der Waals surface area (Å²) in [5.41, 5.74) is 0.488. The summed E-state index contributed by atoms with van der Waals surface area (Å²) in [5.74, 6) is -0.259. The van der Waals surface area contributed by atoms with Crippen LogP contribution < -0.4 is 17.0 Å². The maximum atomic E-state index is 11.5. The fourth-order valence-corrected chi connectivity index (χ4v) is 3.71. The SMILES string of the molecule is C=C(C)C(=O)OCC[N+](CC)(CC)CCCCCCCCCCCCCC.[Br-]. The first kappa shape index (κ1) is 29.8. The van der Waals surface area contributed by atoms with Crippen LogP contribution in [-0.2, 0) is 9.53 Å². The molecule has 0 unspecified atom stereocenters. The number of ether oxygens (including phenoxy) is 1. The van der Waals surface area contributed by atoms with Gasteiger partial charge in [0.1, 0.15) is 13.2 Å². The van der Waals surface area contributed by atoms with Crippen molar-refractivity contribution in [1.29, 1.82) is 0 Å². The number of halogens is 1. The number of hydrogen-bond donors (Lipinski definition) is 0. The molecule has 0 radical (unpaired) electrons. The fourth-order valence-electron chi connectivity index (χ4n) is 3.71. The van der Waals surface area contributed by atoms with Gasteiger partial charge in [-0.3, -0.25) is 0 Å². The highest BCUT2D eigenvalue weighted by Crippen LogP contribution is 2.14. The van der Waals surface area contributed by atoms with Crippen LogP contribution in [0.15, 0.2) is 12.2 Å². The van der Waals surface area contributed by atoms with Crippen molar-refractivity contribution in [2.75, 3.05) is 32.8 Å². The zero-order valence-electron chi connectivity index (χ0n) is 19.4. The van der Waals surface area contributed by atoms with Crippen molar-refractivity contribution in [2.45, 2.75) is 105 Å². The first-order valence-electron chi connectivity index (χ1n) is 11.7. The van der Waals surface area contributed by atoms with E-state index in [0.717, 1.165) is 24.1 Å². The predicted molar refractivity (Wildman–Crippen MR) is 118 cm³/mol.